The second kappa shape index (κ2) is 6.21. The van der Waals surface area contributed by atoms with E-state index in [2.05, 4.69) is 39.0 Å². The Balaban J connectivity index is 1.90. The van der Waals surface area contributed by atoms with Crippen LogP contribution < -0.4 is 0 Å². The van der Waals surface area contributed by atoms with E-state index >= 15 is 0 Å². The van der Waals surface area contributed by atoms with Gasteiger partial charge in [0.1, 0.15) is 0 Å². The van der Waals surface area contributed by atoms with Crippen LogP contribution in [-0.2, 0) is 5.41 Å². The van der Waals surface area contributed by atoms with Crippen LogP contribution in [0.4, 0.5) is 0 Å². The predicted molar refractivity (Wildman–Crippen MR) is 100 cm³/mol. The largest absolute Gasteiger partial charge is 0.289 e. The third-order valence-electron chi connectivity index (χ3n) is 3.90. The van der Waals surface area contributed by atoms with Gasteiger partial charge >= 0.3 is 0 Å². The second-order valence-corrected chi connectivity index (χ2v) is 9.09. The molecule has 0 unspecified atom stereocenters. The maximum absolute atomic E-state index is 12.6. The molecule has 0 N–H and O–H groups in total. The third-order valence-corrected chi connectivity index (χ3v) is 6.64. The highest BCUT2D eigenvalue weighted by molar-refractivity contribution is 8.24. The van der Waals surface area contributed by atoms with Gasteiger partial charge in [0.15, 0.2) is 5.78 Å². The number of fused-ring (bicyclic) bond motifs is 1. The molecule has 3 rings (SSSR count). The first-order chi connectivity index (χ1) is 10.9. The zero-order valence-electron chi connectivity index (χ0n) is 13.8. The number of allylic oxidation sites excluding steroid dienone is 1. The molecule has 2 aromatic carbocycles. The van der Waals surface area contributed by atoms with Crippen molar-refractivity contribution in [3.63, 3.8) is 0 Å². The number of ketones is 1. The molecule has 0 spiro atoms. The van der Waals surface area contributed by atoms with Gasteiger partial charge in [-0.3, -0.25) is 4.79 Å². The van der Waals surface area contributed by atoms with Crippen molar-refractivity contribution in [2.75, 3.05) is 0 Å². The van der Waals surface area contributed by atoms with E-state index in [-0.39, 0.29) is 11.2 Å². The number of rotatable bonds is 2. The van der Waals surface area contributed by atoms with Gasteiger partial charge in [-0.05, 0) is 30.0 Å². The average Bonchev–Trinajstić information content (AvgIpc) is 2.96. The molecule has 1 aliphatic rings. The summed E-state index contributed by atoms with van der Waals surface area (Å²) in [4.78, 5) is 15.1. The van der Waals surface area contributed by atoms with Crippen molar-refractivity contribution in [2.45, 2.75) is 42.9 Å². The maximum Gasteiger partial charge on any atom is 0.190 e. The van der Waals surface area contributed by atoms with Crippen LogP contribution in [0.15, 0.2) is 68.1 Å². The molecular formula is C20H20OS2. The normalized spacial score (nSPS) is 16.2. The van der Waals surface area contributed by atoms with Crippen LogP contribution in [-0.4, -0.2) is 5.78 Å². The van der Waals surface area contributed by atoms with Gasteiger partial charge in [-0.25, -0.2) is 0 Å². The number of hydrogen-bond acceptors (Lipinski definition) is 3. The summed E-state index contributed by atoms with van der Waals surface area (Å²) in [5, 5.41) is 0. The smallest absolute Gasteiger partial charge is 0.190 e. The summed E-state index contributed by atoms with van der Waals surface area (Å²) >= 11 is 3.43. The molecule has 0 aliphatic carbocycles. The van der Waals surface area contributed by atoms with Crippen LogP contribution in [0.3, 0.4) is 0 Å². The number of carbonyl (C=O) groups excluding carboxylic acids is 1. The zero-order valence-corrected chi connectivity index (χ0v) is 15.5. The first-order valence-corrected chi connectivity index (χ1v) is 9.30. The van der Waals surface area contributed by atoms with E-state index in [1.54, 1.807) is 23.5 Å². The monoisotopic (exact) mass is 340 g/mol. The summed E-state index contributed by atoms with van der Waals surface area (Å²) in [6, 6.07) is 16.1. The number of Topliss-reactive ketones (excluding diaryl/α,β-unsaturated/α-hetero) is 1. The molecule has 1 aliphatic heterocycles. The molecular weight excluding hydrogens is 320 g/mol. The molecule has 0 atom stereocenters. The fourth-order valence-corrected chi connectivity index (χ4v) is 4.91. The van der Waals surface area contributed by atoms with Crippen LogP contribution >= 0.6 is 23.5 Å². The lowest BCUT2D eigenvalue weighted by molar-refractivity contribution is 0.103. The lowest BCUT2D eigenvalue weighted by Crippen LogP contribution is -2.10. The minimum atomic E-state index is 0.115. The van der Waals surface area contributed by atoms with E-state index in [0.717, 1.165) is 15.4 Å². The Hall–Kier alpha value is -1.45. The molecule has 0 bridgehead atoms. The molecule has 1 nitrogen and oxygen atoms in total. The first-order valence-electron chi connectivity index (χ1n) is 7.67. The summed E-state index contributed by atoms with van der Waals surface area (Å²) in [5.74, 6) is 0.115. The van der Waals surface area contributed by atoms with Crippen LogP contribution in [0, 0.1) is 0 Å². The number of hydrogen-bond donors (Lipinski definition) is 0. The highest BCUT2D eigenvalue weighted by Gasteiger charge is 2.24. The Bertz CT molecular complexity index is 783. The van der Waals surface area contributed by atoms with Gasteiger partial charge in [-0.1, -0.05) is 80.7 Å². The minimum absolute atomic E-state index is 0.115. The minimum Gasteiger partial charge on any atom is -0.289 e. The topological polar surface area (TPSA) is 17.1 Å². The van der Waals surface area contributed by atoms with E-state index in [1.807, 2.05) is 37.3 Å². The van der Waals surface area contributed by atoms with Gasteiger partial charge in [0.05, 0.1) is 4.24 Å². The van der Waals surface area contributed by atoms with Crippen molar-refractivity contribution < 1.29 is 4.79 Å². The van der Waals surface area contributed by atoms with E-state index in [9.17, 15) is 4.79 Å². The zero-order chi connectivity index (χ0) is 16.6. The fraction of sp³-hybridized carbons (Fsp3) is 0.250. The summed E-state index contributed by atoms with van der Waals surface area (Å²) < 4.78 is 1.10. The van der Waals surface area contributed by atoms with E-state index in [1.165, 1.54) is 15.4 Å². The van der Waals surface area contributed by atoms with Gasteiger partial charge in [-0.2, -0.15) is 0 Å². The van der Waals surface area contributed by atoms with Gasteiger partial charge in [-0.15, -0.1) is 0 Å². The number of carbonyl (C=O) groups is 1. The highest BCUT2D eigenvalue weighted by Crippen LogP contribution is 2.53. The highest BCUT2D eigenvalue weighted by atomic mass is 32.2. The van der Waals surface area contributed by atoms with Crippen LogP contribution in [0.2, 0.25) is 0 Å². The van der Waals surface area contributed by atoms with Crippen LogP contribution in [0.25, 0.3) is 0 Å². The molecule has 0 saturated carbocycles. The Kier molecular flexibility index (Phi) is 4.43. The molecule has 23 heavy (non-hydrogen) atoms. The summed E-state index contributed by atoms with van der Waals surface area (Å²) in [5.41, 5.74) is 3.06. The molecule has 0 amide bonds. The SMILES string of the molecule is C/C(C(=O)c1ccccc1)=C1/Sc2ccc(C(C)(C)C)cc2S1. The van der Waals surface area contributed by atoms with Gasteiger partial charge in [0.2, 0.25) is 0 Å². The van der Waals surface area contributed by atoms with Gasteiger partial charge < -0.3 is 0 Å². The number of benzene rings is 2. The molecule has 0 aromatic heterocycles. The predicted octanol–water partition coefficient (Wildman–Crippen LogP) is 6.30. The van der Waals surface area contributed by atoms with E-state index in [4.69, 9.17) is 0 Å². The molecule has 0 radical (unpaired) electrons. The molecule has 2 aromatic rings. The lowest BCUT2D eigenvalue weighted by atomic mass is 9.87. The molecule has 1 heterocycles. The van der Waals surface area contributed by atoms with Crippen molar-refractivity contribution in [2.24, 2.45) is 0 Å². The molecule has 0 fully saturated rings. The second-order valence-electron chi connectivity index (χ2n) is 6.72. The quantitative estimate of drug-likeness (QED) is 0.472. The molecule has 118 valence electrons. The Morgan fingerprint density at radius 3 is 2.22 bits per heavy atom. The fourth-order valence-electron chi connectivity index (χ4n) is 2.41. The van der Waals surface area contributed by atoms with Crippen LogP contribution in [0.5, 0.6) is 0 Å². The van der Waals surface area contributed by atoms with Crippen molar-refractivity contribution >= 4 is 29.3 Å². The first kappa shape index (κ1) is 16.4. The van der Waals surface area contributed by atoms with Crippen LogP contribution in [0.1, 0.15) is 43.6 Å². The molecule has 0 saturated heterocycles. The summed E-state index contributed by atoms with van der Waals surface area (Å²) in [7, 11) is 0. The summed E-state index contributed by atoms with van der Waals surface area (Å²) in [6.07, 6.45) is 0. The maximum atomic E-state index is 12.6. The standard InChI is InChI=1S/C20H20OS2/c1-13(18(21)14-8-6-5-7-9-14)19-22-16-11-10-15(20(2,3)4)12-17(16)23-19/h5-12H,1-4H3/b19-13+. The average molecular weight is 341 g/mol. The van der Waals surface area contributed by atoms with Crippen molar-refractivity contribution in [3.8, 4) is 0 Å². The lowest BCUT2D eigenvalue weighted by Gasteiger charge is -2.19. The summed E-state index contributed by atoms with van der Waals surface area (Å²) in [6.45, 7) is 8.61. The van der Waals surface area contributed by atoms with Crippen molar-refractivity contribution in [1.29, 1.82) is 0 Å². The van der Waals surface area contributed by atoms with Gasteiger partial charge in [0, 0.05) is 20.9 Å². The Labute approximate surface area is 146 Å². The Morgan fingerprint density at radius 2 is 1.57 bits per heavy atom. The Morgan fingerprint density at radius 1 is 0.913 bits per heavy atom. The van der Waals surface area contributed by atoms with Crippen molar-refractivity contribution in [1.82, 2.24) is 0 Å². The van der Waals surface area contributed by atoms with Crippen molar-refractivity contribution in [3.05, 3.63) is 69.5 Å². The van der Waals surface area contributed by atoms with E-state index < -0.39 is 0 Å². The number of thioether (sulfide) groups is 2. The third kappa shape index (κ3) is 3.41. The van der Waals surface area contributed by atoms with E-state index in [0.29, 0.717) is 0 Å². The molecule has 3 heteroatoms. The van der Waals surface area contributed by atoms with Gasteiger partial charge in [0.25, 0.3) is 0 Å².